The van der Waals surface area contributed by atoms with E-state index in [0.717, 1.165) is 32.0 Å². The molecule has 0 bridgehead atoms. The van der Waals surface area contributed by atoms with Crippen molar-refractivity contribution in [1.29, 1.82) is 5.26 Å². The number of hydrogen-bond donors (Lipinski definition) is 0. The second kappa shape index (κ2) is 7.74. The Morgan fingerprint density at radius 2 is 2.04 bits per heavy atom. The van der Waals surface area contributed by atoms with Crippen LogP contribution in [0, 0.1) is 24.1 Å². The van der Waals surface area contributed by atoms with Gasteiger partial charge in [0.15, 0.2) is 0 Å². The van der Waals surface area contributed by atoms with E-state index in [1.165, 1.54) is 6.07 Å². The molecule has 0 atom stereocenters. The summed E-state index contributed by atoms with van der Waals surface area (Å²) in [4.78, 5) is 13.1. The highest BCUT2D eigenvalue weighted by molar-refractivity contribution is 5.55. The molecular weight excluding hydrogens is 359 g/mol. The second-order valence-electron chi connectivity index (χ2n) is 6.73. The molecule has 1 aliphatic rings. The van der Waals surface area contributed by atoms with Crippen LogP contribution in [0.15, 0.2) is 41.1 Å². The maximum absolute atomic E-state index is 13.8. The first-order valence-electron chi connectivity index (χ1n) is 9.05. The van der Waals surface area contributed by atoms with Gasteiger partial charge in [-0.3, -0.25) is 4.90 Å². The van der Waals surface area contributed by atoms with E-state index < -0.39 is 0 Å². The largest absolute Gasteiger partial charge is 0.353 e. The number of nitrogens with zero attached hydrogens (tertiary/aromatic N) is 6. The van der Waals surface area contributed by atoms with Crippen molar-refractivity contribution >= 4 is 5.82 Å². The molecule has 4 rings (SSSR count). The molecule has 8 heteroatoms. The zero-order chi connectivity index (χ0) is 19.5. The summed E-state index contributed by atoms with van der Waals surface area (Å²) >= 11 is 0. The topological polar surface area (TPSA) is 82.1 Å². The van der Waals surface area contributed by atoms with Crippen LogP contribution in [0.4, 0.5) is 10.2 Å². The number of piperazine rings is 1. The minimum Gasteiger partial charge on any atom is -0.353 e. The van der Waals surface area contributed by atoms with Crippen LogP contribution in [-0.2, 0) is 6.54 Å². The van der Waals surface area contributed by atoms with Crippen molar-refractivity contribution in [2.75, 3.05) is 31.1 Å². The number of nitriles is 1. The maximum atomic E-state index is 13.8. The van der Waals surface area contributed by atoms with Crippen LogP contribution in [0.2, 0.25) is 0 Å². The summed E-state index contributed by atoms with van der Waals surface area (Å²) < 4.78 is 19.1. The summed E-state index contributed by atoms with van der Waals surface area (Å²) in [5.74, 6) is 1.33. The smallest absolute Gasteiger partial charge is 0.241 e. The lowest BCUT2D eigenvalue weighted by Crippen LogP contribution is -2.46. The van der Waals surface area contributed by atoms with Crippen LogP contribution < -0.4 is 4.90 Å². The van der Waals surface area contributed by atoms with Gasteiger partial charge in [0, 0.05) is 37.9 Å². The van der Waals surface area contributed by atoms with E-state index in [0.29, 0.717) is 35.0 Å². The van der Waals surface area contributed by atoms with Gasteiger partial charge in [0.1, 0.15) is 17.7 Å². The van der Waals surface area contributed by atoms with E-state index in [9.17, 15) is 9.65 Å². The Morgan fingerprint density at radius 3 is 2.79 bits per heavy atom. The van der Waals surface area contributed by atoms with Gasteiger partial charge < -0.3 is 9.42 Å². The quantitative estimate of drug-likeness (QED) is 0.690. The van der Waals surface area contributed by atoms with E-state index in [1.54, 1.807) is 37.4 Å². The molecule has 0 saturated carbocycles. The van der Waals surface area contributed by atoms with Crippen LogP contribution in [0.5, 0.6) is 0 Å². The minimum absolute atomic E-state index is 0.286. The Labute approximate surface area is 162 Å². The Kier molecular flexibility index (Phi) is 5.00. The van der Waals surface area contributed by atoms with E-state index in [1.807, 2.05) is 0 Å². The van der Waals surface area contributed by atoms with Crippen LogP contribution >= 0.6 is 0 Å². The van der Waals surface area contributed by atoms with Crippen molar-refractivity contribution in [3.63, 3.8) is 0 Å². The maximum Gasteiger partial charge on any atom is 0.241 e. The first-order chi connectivity index (χ1) is 13.6. The molecule has 1 fully saturated rings. The minimum atomic E-state index is -0.286. The van der Waals surface area contributed by atoms with Gasteiger partial charge in [0.05, 0.1) is 12.1 Å². The van der Waals surface area contributed by atoms with Gasteiger partial charge in [-0.1, -0.05) is 17.3 Å². The lowest BCUT2D eigenvalue weighted by atomic mass is 10.1. The molecule has 0 spiro atoms. The first-order valence-corrected chi connectivity index (χ1v) is 9.05. The molecule has 28 heavy (non-hydrogen) atoms. The van der Waals surface area contributed by atoms with E-state index >= 15 is 0 Å². The van der Waals surface area contributed by atoms with Crippen molar-refractivity contribution < 1.29 is 8.91 Å². The first kappa shape index (κ1) is 18.1. The number of benzene rings is 1. The SMILES string of the molecule is Cc1ccc(-c2noc(CN3CCN(c4ncccc4C#N)CC3)n2)cc1F. The lowest BCUT2D eigenvalue weighted by molar-refractivity contribution is 0.215. The summed E-state index contributed by atoms with van der Waals surface area (Å²) in [7, 11) is 0. The summed E-state index contributed by atoms with van der Waals surface area (Å²) in [5, 5.41) is 13.2. The fourth-order valence-corrected chi connectivity index (χ4v) is 3.21. The van der Waals surface area contributed by atoms with Crippen molar-refractivity contribution in [2.45, 2.75) is 13.5 Å². The Balaban J connectivity index is 1.38. The average Bonchev–Trinajstić information content (AvgIpc) is 3.19. The predicted octanol–water partition coefficient (Wildman–Crippen LogP) is 2.77. The van der Waals surface area contributed by atoms with Gasteiger partial charge in [-0.25, -0.2) is 9.37 Å². The summed E-state index contributed by atoms with van der Waals surface area (Å²) in [5.41, 5.74) is 1.77. The molecule has 1 saturated heterocycles. The van der Waals surface area contributed by atoms with Gasteiger partial charge in [0.2, 0.25) is 11.7 Å². The van der Waals surface area contributed by atoms with Crippen molar-refractivity contribution in [3.05, 3.63) is 59.4 Å². The Morgan fingerprint density at radius 1 is 1.21 bits per heavy atom. The van der Waals surface area contributed by atoms with Crippen molar-refractivity contribution in [1.82, 2.24) is 20.0 Å². The second-order valence-corrected chi connectivity index (χ2v) is 6.73. The number of rotatable bonds is 4. The van der Waals surface area contributed by atoms with Crippen LogP contribution in [-0.4, -0.2) is 46.2 Å². The van der Waals surface area contributed by atoms with Gasteiger partial charge in [0.25, 0.3) is 0 Å². The number of hydrogen-bond acceptors (Lipinski definition) is 7. The monoisotopic (exact) mass is 378 g/mol. The predicted molar refractivity (Wildman–Crippen MR) is 101 cm³/mol. The van der Waals surface area contributed by atoms with Gasteiger partial charge in [-0.05, 0) is 30.7 Å². The van der Waals surface area contributed by atoms with Crippen LogP contribution in [0.25, 0.3) is 11.4 Å². The third kappa shape index (κ3) is 3.70. The van der Waals surface area contributed by atoms with Crippen molar-refractivity contribution in [3.8, 4) is 17.5 Å². The molecule has 142 valence electrons. The van der Waals surface area contributed by atoms with Gasteiger partial charge in [-0.2, -0.15) is 10.2 Å². The summed E-state index contributed by atoms with van der Waals surface area (Å²) in [6.45, 7) is 5.34. The molecule has 0 amide bonds. The lowest BCUT2D eigenvalue weighted by Gasteiger charge is -2.34. The van der Waals surface area contributed by atoms with E-state index in [2.05, 4.69) is 31.0 Å². The highest BCUT2D eigenvalue weighted by Crippen LogP contribution is 2.21. The molecule has 0 N–H and O–H groups in total. The summed E-state index contributed by atoms with van der Waals surface area (Å²) in [6.07, 6.45) is 1.70. The molecule has 1 aliphatic heterocycles. The fourth-order valence-electron chi connectivity index (χ4n) is 3.21. The molecule has 0 unspecified atom stereocenters. The van der Waals surface area contributed by atoms with Gasteiger partial charge >= 0.3 is 0 Å². The third-order valence-corrected chi connectivity index (χ3v) is 4.84. The number of pyridine rings is 1. The van der Waals surface area contributed by atoms with Crippen LogP contribution in [0.3, 0.4) is 0 Å². The van der Waals surface area contributed by atoms with E-state index in [-0.39, 0.29) is 5.82 Å². The number of aromatic nitrogens is 3. The van der Waals surface area contributed by atoms with Gasteiger partial charge in [-0.15, -0.1) is 0 Å². The third-order valence-electron chi connectivity index (χ3n) is 4.84. The molecule has 2 aromatic heterocycles. The fraction of sp³-hybridized carbons (Fsp3) is 0.300. The zero-order valence-corrected chi connectivity index (χ0v) is 15.5. The number of anilines is 1. The molecular formula is C20H19FN6O. The average molecular weight is 378 g/mol. The molecule has 7 nitrogen and oxygen atoms in total. The number of aryl methyl sites for hydroxylation is 1. The number of halogens is 1. The van der Waals surface area contributed by atoms with E-state index in [4.69, 9.17) is 4.52 Å². The standard InChI is InChI=1S/C20H19FN6O/c1-14-4-5-15(11-17(14)21)19-24-18(28-25-19)13-26-7-9-27(10-8-26)20-16(12-22)3-2-6-23-20/h2-6,11H,7-10,13H2,1H3. The molecule has 3 heterocycles. The highest BCUT2D eigenvalue weighted by atomic mass is 19.1. The Hall–Kier alpha value is -3.31. The molecule has 0 radical (unpaired) electrons. The Bertz CT molecular complexity index is 1020. The zero-order valence-electron chi connectivity index (χ0n) is 15.5. The molecule has 3 aromatic rings. The molecule has 1 aromatic carbocycles. The van der Waals surface area contributed by atoms with Crippen LogP contribution in [0.1, 0.15) is 17.0 Å². The van der Waals surface area contributed by atoms with Crippen molar-refractivity contribution in [2.24, 2.45) is 0 Å². The normalized spacial score (nSPS) is 14.8. The molecule has 0 aliphatic carbocycles. The highest BCUT2D eigenvalue weighted by Gasteiger charge is 2.22. The summed E-state index contributed by atoms with van der Waals surface area (Å²) in [6, 6.07) is 10.6.